The lowest BCUT2D eigenvalue weighted by Gasteiger charge is -2.32. The van der Waals surface area contributed by atoms with E-state index in [9.17, 15) is 4.79 Å². The molecule has 1 aliphatic carbocycles. The molecule has 0 spiro atoms. The van der Waals surface area contributed by atoms with Crippen LogP contribution in [0, 0.1) is 0 Å². The molecule has 0 saturated heterocycles. The summed E-state index contributed by atoms with van der Waals surface area (Å²) in [6, 6.07) is 37.1. The molecule has 31 heavy (non-hydrogen) atoms. The summed E-state index contributed by atoms with van der Waals surface area (Å²) >= 11 is 0. The van der Waals surface area contributed by atoms with Crippen LogP contribution in [0.5, 0.6) is 5.75 Å². The lowest BCUT2D eigenvalue weighted by atomic mass is 9.69. The van der Waals surface area contributed by atoms with Crippen molar-refractivity contribution in [2.24, 2.45) is 0 Å². The van der Waals surface area contributed by atoms with Gasteiger partial charge in [0.1, 0.15) is 5.75 Å². The molecule has 1 aliphatic rings. The van der Waals surface area contributed by atoms with Gasteiger partial charge in [-0.05, 0) is 52.9 Å². The van der Waals surface area contributed by atoms with Crippen LogP contribution in [-0.4, -0.2) is 12.9 Å². The van der Waals surface area contributed by atoms with Gasteiger partial charge in [0, 0.05) is 16.9 Å². The molecule has 2 heteroatoms. The van der Waals surface area contributed by atoms with Crippen LogP contribution in [0.3, 0.4) is 0 Å². The van der Waals surface area contributed by atoms with E-state index in [-0.39, 0.29) is 17.1 Å². The number of carbonyl (C=O) groups is 1. The van der Waals surface area contributed by atoms with Gasteiger partial charge in [0.2, 0.25) is 0 Å². The Bertz CT molecular complexity index is 1150. The summed E-state index contributed by atoms with van der Waals surface area (Å²) < 4.78 is 5.27. The number of fused-ring (bicyclic) bond motifs is 1. The number of benzene rings is 4. The van der Waals surface area contributed by atoms with Crippen LogP contribution in [0.4, 0.5) is 0 Å². The van der Waals surface area contributed by atoms with Crippen molar-refractivity contribution in [3.8, 4) is 5.75 Å². The number of hydrogen-bond donors (Lipinski definition) is 0. The number of hydrogen-bond acceptors (Lipinski definition) is 2. The van der Waals surface area contributed by atoms with Gasteiger partial charge in [0.25, 0.3) is 0 Å². The maximum Gasteiger partial charge on any atom is 0.170 e. The Balaban J connectivity index is 1.68. The summed E-state index contributed by atoms with van der Waals surface area (Å²) in [5, 5.41) is 0. The molecule has 0 unspecified atom stereocenters. The Morgan fingerprint density at radius 2 is 1.29 bits per heavy atom. The van der Waals surface area contributed by atoms with Gasteiger partial charge in [-0.3, -0.25) is 4.79 Å². The Morgan fingerprint density at radius 1 is 0.742 bits per heavy atom. The zero-order valence-electron chi connectivity index (χ0n) is 17.5. The third-order valence-corrected chi connectivity index (χ3v) is 6.53. The molecule has 152 valence electrons. The zero-order valence-corrected chi connectivity index (χ0v) is 17.5. The van der Waals surface area contributed by atoms with Gasteiger partial charge in [-0.2, -0.15) is 0 Å². The minimum absolute atomic E-state index is 0.156. The maximum atomic E-state index is 13.7. The normalized spacial score (nSPS) is 16.5. The SMILES string of the molecule is COc1ccc(C(=O)[C@@H]2CC(c3ccccc3)(c3ccccc3)c3ccccc32)cc1. The fourth-order valence-corrected chi connectivity index (χ4v) is 5.06. The predicted octanol–water partition coefficient (Wildman–Crippen LogP) is 6.40. The van der Waals surface area contributed by atoms with E-state index in [1.807, 2.05) is 42.5 Å². The molecule has 5 rings (SSSR count). The molecule has 0 heterocycles. The maximum absolute atomic E-state index is 13.7. The van der Waals surface area contributed by atoms with E-state index in [2.05, 4.69) is 66.7 Å². The largest absolute Gasteiger partial charge is 0.497 e. The van der Waals surface area contributed by atoms with Crippen molar-refractivity contribution >= 4 is 5.78 Å². The molecule has 2 nitrogen and oxygen atoms in total. The molecule has 0 fully saturated rings. The molecular weight excluding hydrogens is 380 g/mol. The molecule has 4 aromatic carbocycles. The monoisotopic (exact) mass is 404 g/mol. The van der Waals surface area contributed by atoms with E-state index in [0.717, 1.165) is 16.9 Å². The quantitative estimate of drug-likeness (QED) is 0.360. The van der Waals surface area contributed by atoms with Gasteiger partial charge >= 0.3 is 0 Å². The third-order valence-electron chi connectivity index (χ3n) is 6.53. The third kappa shape index (κ3) is 3.16. The van der Waals surface area contributed by atoms with E-state index in [0.29, 0.717) is 6.42 Å². The second-order valence-electron chi connectivity index (χ2n) is 8.07. The number of carbonyl (C=O) groups excluding carboxylic acids is 1. The smallest absolute Gasteiger partial charge is 0.170 e. The summed E-state index contributed by atoms with van der Waals surface area (Å²) in [6.07, 6.45) is 0.714. The van der Waals surface area contributed by atoms with Gasteiger partial charge in [-0.25, -0.2) is 0 Å². The molecule has 1 atom stereocenters. The summed E-state index contributed by atoms with van der Waals surface area (Å²) in [4.78, 5) is 13.7. The average molecular weight is 405 g/mol. The van der Waals surface area contributed by atoms with E-state index in [1.54, 1.807) is 7.11 Å². The summed E-state index contributed by atoms with van der Waals surface area (Å²) in [7, 11) is 1.64. The summed E-state index contributed by atoms with van der Waals surface area (Å²) in [6.45, 7) is 0. The number of ketones is 1. The highest BCUT2D eigenvalue weighted by atomic mass is 16.5. The average Bonchev–Trinajstić information content (AvgIpc) is 3.21. The summed E-state index contributed by atoms with van der Waals surface area (Å²) in [5.74, 6) is 0.708. The van der Waals surface area contributed by atoms with Gasteiger partial charge in [0.05, 0.1) is 7.11 Å². The highest BCUT2D eigenvalue weighted by molar-refractivity contribution is 6.02. The van der Waals surface area contributed by atoms with Crippen molar-refractivity contribution in [3.05, 3.63) is 137 Å². The molecule has 0 N–H and O–H groups in total. The van der Waals surface area contributed by atoms with E-state index >= 15 is 0 Å². The minimum atomic E-state index is -0.355. The number of rotatable bonds is 5. The molecular formula is C29H24O2. The van der Waals surface area contributed by atoms with Crippen molar-refractivity contribution in [2.75, 3.05) is 7.11 Å². The highest BCUT2D eigenvalue weighted by Gasteiger charge is 2.48. The van der Waals surface area contributed by atoms with Crippen LogP contribution in [0.1, 0.15) is 45.0 Å². The Hall–Kier alpha value is -3.65. The van der Waals surface area contributed by atoms with E-state index in [4.69, 9.17) is 4.74 Å². The predicted molar refractivity (Wildman–Crippen MR) is 124 cm³/mol. The van der Waals surface area contributed by atoms with Crippen molar-refractivity contribution < 1.29 is 9.53 Å². The molecule has 0 radical (unpaired) electrons. The fourth-order valence-electron chi connectivity index (χ4n) is 5.06. The first-order valence-corrected chi connectivity index (χ1v) is 10.6. The van der Waals surface area contributed by atoms with Crippen LogP contribution in [-0.2, 0) is 5.41 Å². The van der Waals surface area contributed by atoms with Crippen molar-refractivity contribution in [1.29, 1.82) is 0 Å². The van der Waals surface area contributed by atoms with Crippen LogP contribution < -0.4 is 4.74 Å². The van der Waals surface area contributed by atoms with Crippen LogP contribution in [0.25, 0.3) is 0 Å². The molecule has 4 aromatic rings. The molecule has 0 bridgehead atoms. The number of ether oxygens (including phenoxy) is 1. The van der Waals surface area contributed by atoms with Crippen molar-refractivity contribution in [1.82, 2.24) is 0 Å². The van der Waals surface area contributed by atoms with Gasteiger partial charge < -0.3 is 4.74 Å². The zero-order chi connectivity index (χ0) is 21.3. The van der Waals surface area contributed by atoms with Crippen molar-refractivity contribution in [3.63, 3.8) is 0 Å². The molecule has 0 aromatic heterocycles. The minimum Gasteiger partial charge on any atom is -0.497 e. The molecule has 0 amide bonds. The molecule has 0 saturated carbocycles. The standard InChI is InChI=1S/C29H24O2/c1-31-24-18-16-21(17-19-24)28(30)26-20-29(22-10-4-2-5-11-22,23-12-6-3-7-13-23)27-15-9-8-14-25(26)27/h2-19,26H,20H2,1H3/t26-/m1/s1. The highest BCUT2D eigenvalue weighted by Crippen LogP contribution is 2.54. The van der Waals surface area contributed by atoms with Crippen molar-refractivity contribution in [2.45, 2.75) is 17.8 Å². The Kier molecular flexibility index (Phi) is 4.91. The van der Waals surface area contributed by atoms with E-state index in [1.165, 1.54) is 16.7 Å². The van der Waals surface area contributed by atoms with Gasteiger partial charge in [-0.15, -0.1) is 0 Å². The van der Waals surface area contributed by atoms with E-state index < -0.39 is 0 Å². The Labute approximate surface area is 183 Å². The van der Waals surface area contributed by atoms with Gasteiger partial charge in [-0.1, -0.05) is 84.9 Å². The fraction of sp³-hybridized carbons (Fsp3) is 0.138. The van der Waals surface area contributed by atoms with Crippen LogP contribution in [0.2, 0.25) is 0 Å². The second kappa shape index (κ2) is 7.88. The number of Topliss-reactive ketones (excluding diaryl/α,β-unsaturated/α-hetero) is 1. The van der Waals surface area contributed by atoms with Crippen LogP contribution in [0.15, 0.2) is 109 Å². The number of methoxy groups -OCH3 is 1. The second-order valence-corrected chi connectivity index (χ2v) is 8.07. The Morgan fingerprint density at radius 3 is 1.87 bits per heavy atom. The lowest BCUT2D eigenvalue weighted by Crippen LogP contribution is -2.27. The first-order valence-electron chi connectivity index (χ1n) is 10.6. The summed E-state index contributed by atoms with van der Waals surface area (Å²) in [5.41, 5.74) is 5.15. The van der Waals surface area contributed by atoms with Crippen LogP contribution >= 0.6 is 0 Å². The first-order chi connectivity index (χ1) is 15.2. The topological polar surface area (TPSA) is 26.3 Å². The first kappa shape index (κ1) is 19.3. The molecule has 0 aliphatic heterocycles. The lowest BCUT2D eigenvalue weighted by molar-refractivity contribution is 0.0955. The van der Waals surface area contributed by atoms with Gasteiger partial charge in [0.15, 0.2) is 5.78 Å².